The maximum atomic E-state index is 5.32. The SMILES string of the molecule is C[C@H](CCc1ccco1)Nc1ncnc2[nH]ncc12. The molecule has 0 saturated heterocycles. The van der Waals surface area contributed by atoms with Crippen molar-refractivity contribution in [3.05, 3.63) is 36.7 Å². The fraction of sp³-hybridized carbons (Fsp3) is 0.308. The summed E-state index contributed by atoms with van der Waals surface area (Å²) in [5.74, 6) is 1.82. The van der Waals surface area contributed by atoms with Crippen molar-refractivity contribution in [2.45, 2.75) is 25.8 Å². The molecule has 0 unspecified atom stereocenters. The van der Waals surface area contributed by atoms with Gasteiger partial charge in [-0.2, -0.15) is 5.10 Å². The van der Waals surface area contributed by atoms with Crippen molar-refractivity contribution < 1.29 is 4.42 Å². The monoisotopic (exact) mass is 257 g/mol. The second-order valence-electron chi connectivity index (χ2n) is 4.52. The minimum absolute atomic E-state index is 0.290. The molecule has 98 valence electrons. The molecule has 0 fully saturated rings. The average molecular weight is 257 g/mol. The van der Waals surface area contributed by atoms with Gasteiger partial charge in [-0.3, -0.25) is 5.10 Å². The number of hydrogen-bond donors (Lipinski definition) is 2. The van der Waals surface area contributed by atoms with E-state index in [1.165, 1.54) is 6.33 Å². The molecule has 19 heavy (non-hydrogen) atoms. The maximum Gasteiger partial charge on any atom is 0.160 e. The number of anilines is 1. The molecule has 0 saturated carbocycles. The Kier molecular flexibility index (Phi) is 3.14. The second-order valence-corrected chi connectivity index (χ2v) is 4.52. The minimum atomic E-state index is 0.290. The van der Waals surface area contributed by atoms with Crippen LogP contribution >= 0.6 is 0 Å². The lowest BCUT2D eigenvalue weighted by Crippen LogP contribution is -2.17. The van der Waals surface area contributed by atoms with Crippen LogP contribution in [-0.4, -0.2) is 26.2 Å². The summed E-state index contributed by atoms with van der Waals surface area (Å²) in [6.07, 6.45) is 6.84. The Morgan fingerprint density at radius 3 is 3.21 bits per heavy atom. The molecule has 0 radical (unpaired) electrons. The lowest BCUT2D eigenvalue weighted by molar-refractivity contribution is 0.495. The van der Waals surface area contributed by atoms with Crippen LogP contribution in [0.4, 0.5) is 5.82 Å². The number of H-pyrrole nitrogens is 1. The Balaban J connectivity index is 1.65. The fourth-order valence-electron chi connectivity index (χ4n) is 2.00. The Bertz CT molecular complexity index is 646. The van der Waals surface area contributed by atoms with Gasteiger partial charge in [-0.15, -0.1) is 0 Å². The van der Waals surface area contributed by atoms with Crippen molar-refractivity contribution in [1.82, 2.24) is 20.2 Å². The third-order valence-corrected chi connectivity index (χ3v) is 3.03. The van der Waals surface area contributed by atoms with Gasteiger partial charge in [0.05, 0.1) is 17.8 Å². The number of nitrogens with one attached hydrogen (secondary N) is 2. The number of furan rings is 1. The second kappa shape index (κ2) is 5.09. The summed E-state index contributed by atoms with van der Waals surface area (Å²) in [5, 5.41) is 11.1. The van der Waals surface area contributed by atoms with E-state index in [4.69, 9.17) is 4.42 Å². The number of rotatable bonds is 5. The van der Waals surface area contributed by atoms with E-state index in [1.807, 2.05) is 12.1 Å². The molecule has 0 amide bonds. The molecule has 6 nitrogen and oxygen atoms in total. The van der Waals surface area contributed by atoms with E-state index in [-0.39, 0.29) is 6.04 Å². The van der Waals surface area contributed by atoms with E-state index in [9.17, 15) is 0 Å². The summed E-state index contributed by atoms with van der Waals surface area (Å²) in [7, 11) is 0. The van der Waals surface area contributed by atoms with Crippen LogP contribution in [0.5, 0.6) is 0 Å². The van der Waals surface area contributed by atoms with Gasteiger partial charge in [0, 0.05) is 12.5 Å². The smallest absolute Gasteiger partial charge is 0.160 e. The van der Waals surface area contributed by atoms with Gasteiger partial charge in [-0.25, -0.2) is 9.97 Å². The lowest BCUT2D eigenvalue weighted by Gasteiger charge is -2.13. The summed E-state index contributed by atoms with van der Waals surface area (Å²) in [5.41, 5.74) is 0.746. The van der Waals surface area contributed by atoms with E-state index in [2.05, 4.69) is 32.4 Å². The quantitative estimate of drug-likeness (QED) is 0.733. The number of aromatic amines is 1. The highest BCUT2D eigenvalue weighted by Gasteiger charge is 2.09. The van der Waals surface area contributed by atoms with E-state index in [0.717, 1.165) is 35.5 Å². The Morgan fingerprint density at radius 1 is 1.42 bits per heavy atom. The summed E-state index contributed by atoms with van der Waals surface area (Å²) >= 11 is 0. The van der Waals surface area contributed by atoms with E-state index >= 15 is 0 Å². The molecule has 0 aliphatic rings. The highest BCUT2D eigenvalue weighted by Crippen LogP contribution is 2.18. The first-order valence-electron chi connectivity index (χ1n) is 6.26. The topological polar surface area (TPSA) is 79.6 Å². The fourth-order valence-corrected chi connectivity index (χ4v) is 2.00. The van der Waals surface area contributed by atoms with Gasteiger partial charge in [0.25, 0.3) is 0 Å². The normalized spacial score (nSPS) is 12.7. The first kappa shape index (κ1) is 11.7. The molecule has 0 aliphatic heterocycles. The van der Waals surface area contributed by atoms with Gasteiger partial charge >= 0.3 is 0 Å². The maximum absolute atomic E-state index is 5.32. The van der Waals surface area contributed by atoms with Gasteiger partial charge < -0.3 is 9.73 Å². The standard InChI is InChI=1S/C13H15N5O/c1-9(4-5-10-3-2-6-19-10)17-12-11-7-16-18-13(11)15-8-14-12/h2-3,6-9H,4-5H2,1H3,(H2,14,15,16,17,18)/t9-/m1/s1. The number of hydrogen-bond acceptors (Lipinski definition) is 5. The molecule has 0 aromatic carbocycles. The highest BCUT2D eigenvalue weighted by molar-refractivity contribution is 5.85. The average Bonchev–Trinajstić information content (AvgIpc) is 3.08. The van der Waals surface area contributed by atoms with E-state index < -0.39 is 0 Å². The first-order valence-corrected chi connectivity index (χ1v) is 6.26. The number of aromatic nitrogens is 4. The van der Waals surface area contributed by atoms with Gasteiger partial charge in [-0.1, -0.05) is 0 Å². The zero-order valence-corrected chi connectivity index (χ0v) is 10.6. The van der Waals surface area contributed by atoms with Crippen molar-refractivity contribution in [2.75, 3.05) is 5.32 Å². The molecule has 0 bridgehead atoms. The minimum Gasteiger partial charge on any atom is -0.469 e. The molecule has 6 heteroatoms. The van der Waals surface area contributed by atoms with Crippen molar-refractivity contribution in [1.29, 1.82) is 0 Å². The summed E-state index contributed by atoms with van der Waals surface area (Å²) in [6, 6.07) is 4.19. The molecular weight excluding hydrogens is 242 g/mol. The van der Waals surface area contributed by atoms with Gasteiger partial charge in [0.15, 0.2) is 5.65 Å². The highest BCUT2D eigenvalue weighted by atomic mass is 16.3. The van der Waals surface area contributed by atoms with Crippen LogP contribution in [0.3, 0.4) is 0 Å². The lowest BCUT2D eigenvalue weighted by atomic mass is 10.1. The van der Waals surface area contributed by atoms with Crippen molar-refractivity contribution in [2.24, 2.45) is 0 Å². The molecule has 0 aliphatic carbocycles. The van der Waals surface area contributed by atoms with Crippen LogP contribution in [0, 0.1) is 0 Å². The zero-order chi connectivity index (χ0) is 13.1. The van der Waals surface area contributed by atoms with Gasteiger partial charge in [0.2, 0.25) is 0 Å². The summed E-state index contributed by atoms with van der Waals surface area (Å²) < 4.78 is 5.32. The zero-order valence-electron chi connectivity index (χ0n) is 10.6. The van der Waals surface area contributed by atoms with Crippen LogP contribution in [0.25, 0.3) is 11.0 Å². The Labute approximate surface area is 110 Å². The molecular formula is C13H15N5O. The number of fused-ring (bicyclic) bond motifs is 1. The predicted molar refractivity (Wildman–Crippen MR) is 71.8 cm³/mol. The molecule has 3 heterocycles. The molecule has 3 aromatic heterocycles. The van der Waals surface area contributed by atoms with E-state index in [1.54, 1.807) is 12.5 Å². The van der Waals surface area contributed by atoms with E-state index in [0.29, 0.717) is 0 Å². The summed E-state index contributed by atoms with van der Waals surface area (Å²) in [6.45, 7) is 2.12. The third kappa shape index (κ3) is 2.57. The molecule has 1 atom stereocenters. The van der Waals surface area contributed by atoms with Gasteiger partial charge in [0.1, 0.15) is 17.9 Å². The number of aryl methyl sites for hydroxylation is 1. The van der Waals surface area contributed by atoms with Crippen molar-refractivity contribution in [3.8, 4) is 0 Å². The molecule has 0 spiro atoms. The van der Waals surface area contributed by atoms with Crippen molar-refractivity contribution >= 4 is 16.9 Å². The van der Waals surface area contributed by atoms with Crippen LogP contribution < -0.4 is 5.32 Å². The number of nitrogens with zero attached hydrogens (tertiary/aromatic N) is 3. The molecule has 3 rings (SSSR count). The Morgan fingerprint density at radius 2 is 2.37 bits per heavy atom. The van der Waals surface area contributed by atoms with Crippen LogP contribution in [-0.2, 0) is 6.42 Å². The largest absolute Gasteiger partial charge is 0.469 e. The van der Waals surface area contributed by atoms with Crippen LogP contribution in [0.1, 0.15) is 19.1 Å². The van der Waals surface area contributed by atoms with Gasteiger partial charge in [-0.05, 0) is 25.5 Å². The first-order chi connectivity index (χ1) is 9.33. The summed E-state index contributed by atoms with van der Waals surface area (Å²) in [4.78, 5) is 8.37. The Hall–Kier alpha value is -2.37. The van der Waals surface area contributed by atoms with Crippen LogP contribution in [0.2, 0.25) is 0 Å². The molecule has 2 N–H and O–H groups in total. The molecule has 3 aromatic rings. The van der Waals surface area contributed by atoms with Crippen LogP contribution in [0.15, 0.2) is 35.3 Å². The van der Waals surface area contributed by atoms with Crippen molar-refractivity contribution in [3.63, 3.8) is 0 Å². The predicted octanol–water partition coefficient (Wildman–Crippen LogP) is 2.38. The third-order valence-electron chi connectivity index (χ3n) is 3.03.